The molecule has 0 heterocycles. The van der Waals surface area contributed by atoms with Gasteiger partial charge in [0.1, 0.15) is 24.7 Å². The second-order valence-electron chi connectivity index (χ2n) is 4.89. The molecular formula is C16H15Cl4O5P. The van der Waals surface area contributed by atoms with Gasteiger partial charge in [-0.05, 0) is 24.3 Å². The van der Waals surface area contributed by atoms with E-state index in [1.54, 1.807) is 48.5 Å². The van der Waals surface area contributed by atoms with Crippen molar-refractivity contribution in [3.05, 3.63) is 60.7 Å². The topological polar surface area (TPSA) is 57.2 Å². The Hall–Kier alpha value is -0.490. The first-order valence-corrected chi connectivity index (χ1v) is 9.89. The zero-order valence-electron chi connectivity index (χ0n) is 13.2. The molecule has 0 bridgehead atoms. The molecule has 1 N–H and O–H groups in total. The zero-order valence-corrected chi connectivity index (χ0v) is 17.1. The summed E-state index contributed by atoms with van der Waals surface area (Å²) in [7, 11) is -2.36. The van der Waals surface area contributed by atoms with Gasteiger partial charge in [0.25, 0.3) is 9.04 Å². The van der Waals surface area contributed by atoms with E-state index < -0.39 is 17.6 Å². The van der Waals surface area contributed by atoms with Crippen molar-refractivity contribution in [2.75, 3.05) is 13.2 Å². The third-order valence-corrected chi connectivity index (χ3v) is 4.15. The Labute approximate surface area is 172 Å². The van der Waals surface area contributed by atoms with Crippen LogP contribution in [0.4, 0.5) is 0 Å². The minimum Gasteiger partial charge on any atom is -0.456 e. The van der Waals surface area contributed by atoms with E-state index in [4.69, 9.17) is 64.9 Å². The maximum absolute atomic E-state index is 9.78. The van der Waals surface area contributed by atoms with Crippen LogP contribution in [0.15, 0.2) is 60.7 Å². The second kappa shape index (κ2) is 10.2. The Bertz CT molecular complexity index is 603. The molecular weight excluding hydrogens is 445 g/mol. The van der Waals surface area contributed by atoms with E-state index in [0.29, 0.717) is 11.5 Å². The smallest absolute Gasteiger partial charge is 0.330 e. The van der Waals surface area contributed by atoms with Crippen LogP contribution in [0.1, 0.15) is 0 Å². The Morgan fingerprint density at radius 3 is 1.38 bits per heavy atom. The molecule has 0 fully saturated rings. The van der Waals surface area contributed by atoms with Crippen molar-refractivity contribution in [2.24, 2.45) is 0 Å². The van der Waals surface area contributed by atoms with Crippen molar-refractivity contribution in [2.45, 2.75) is 9.04 Å². The number of benzene rings is 2. The van der Waals surface area contributed by atoms with Crippen LogP contribution in [0.5, 0.6) is 11.5 Å². The van der Waals surface area contributed by atoms with Gasteiger partial charge in [-0.25, -0.2) is 0 Å². The second-order valence-corrected chi connectivity index (χ2v) is 8.71. The van der Waals surface area contributed by atoms with E-state index in [9.17, 15) is 4.89 Å². The highest BCUT2D eigenvalue weighted by Crippen LogP contribution is 2.39. The first-order valence-electron chi connectivity index (χ1n) is 7.24. The molecule has 0 atom stereocenters. The van der Waals surface area contributed by atoms with Crippen LogP contribution in [0.25, 0.3) is 0 Å². The third-order valence-electron chi connectivity index (χ3n) is 2.71. The maximum Gasteiger partial charge on any atom is 0.330 e. The van der Waals surface area contributed by atoms with Crippen molar-refractivity contribution in [3.8, 4) is 11.5 Å². The molecule has 2 rings (SSSR count). The highest BCUT2D eigenvalue weighted by Gasteiger charge is 2.32. The van der Waals surface area contributed by atoms with Crippen molar-refractivity contribution >= 4 is 55.0 Å². The van der Waals surface area contributed by atoms with Crippen molar-refractivity contribution < 1.29 is 23.4 Å². The number of rotatable bonds is 10. The van der Waals surface area contributed by atoms with Gasteiger partial charge >= 0.3 is 8.60 Å². The van der Waals surface area contributed by atoms with E-state index in [1.165, 1.54) is 0 Å². The molecule has 26 heavy (non-hydrogen) atoms. The van der Waals surface area contributed by atoms with Gasteiger partial charge in [-0.1, -0.05) is 82.8 Å². The van der Waals surface area contributed by atoms with E-state index in [0.717, 1.165) is 0 Å². The first-order chi connectivity index (χ1) is 12.3. The van der Waals surface area contributed by atoms with Gasteiger partial charge in [0.05, 0.1) is 0 Å². The SMILES string of the molecule is OP(OCC(Cl)(Cl)Oc1ccccc1)OCC(Cl)(Cl)Oc1ccccc1. The van der Waals surface area contributed by atoms with Gasteiger partial charge in [-0.3, -0.25) is 0 Å². The standard InChI is InChI=1S/C16H15Cl4O5P/c17-15(18,24-13-7-3-1-4-8-13)11-22-26(21)23-12-16(19,20)25-14-9-5-2-6-10-14/h1-10,21H,11-12H2. The minimum atomic E-state index is -2.36. The first kappa shape index (κ1) is 21.8. The molecule has 0 radical (unpaired) electrons. The number of hydrogen-bond acceptors (Lipinski definition) is 5. The number of alkyl halides is 4. The summed E-state index contributed by atoms with van der Waals surface area (Å²) < 4.78 is 17.4. The quantitative estimate of drug-likeness (QED) is 0.367. The molecule has 5 nitrogen and oxygen atoms in total. The van der Waals surface area contributed by atoms with E-state index >= 15 is 0 Å². The molecule has 2 aromatic rings. The summed E-state index contributed by atoms with van der Waals surface area (Å²) in [5, 5.41) is 0. The van der Waals surface area contributed by atoms with Crippen LogP contribution in [0, 0.1) is 0 Å². The van der Waals surface area contributed by atoms with Crippen LogP contribution < -0.4 is 9.47 Å². The average Bonchev–Trinajstić information content (AvgIpc) is 2.59. The van der Waals surface area contributed by atoms with Crippen molar-refractivity contribution in [1.82, 2.24) is 0 Å². The van der Waals surface area contributed by atoms with Crippen LogP contribution in [-0.2, 0) is 9.05 Å². The summed E-state index contributed by atoms with van der Waals surface area (Å²) in [6.07, 6.45) is 0. The van der Waals surface area contributed by atoms with Crippen LogP contribution in [0.3, 0.4) is 0 Å². The minimum absolute atomic E-state index is 0.357. The van der Waals surface area contributed by atoms with E-state index in [1.807, 2.05) is 12.1 Å². The maximum atomic E-state index is 9.78. The Morgan fingerprint density at radius 2 is 1.04 bits per heavy atom. The summed E-state index contributed by atoms with van der Waals surface area (Å²) >= 11 is 24.0. The molecule has 0 aliphatic rings. The Kier molecular flexibility index (Phi) is 8.52. The van der Waals surface area contributed by atoms with Gasteiger partial charge in [-0.15, -0.1) is 0 Å². The van der Waals surface area contributed by atoms with Gasteiger partial charge in [0.2, 0.25) is 0 Å². The van der Waals surface area contributed by atoms with Gasteiger partial charge in [0, 0.05) is 0 Å². The highest BCUT2D eigenvalue weighted by atomic mass is 35.5. The number of para-hydroxylation sites is 2. The lowest BCUT2D eigenvalue weighted by molar-refractivity contribution is 0.106. The summed E-state index contributed by atoms with van der Waals surface area (Å²) in [5.74, 6) is 0.891. The summed E-state index contributed by atoms with van der Waals surface area (Å²) in [6.45, 7) is -0.714. The summed E-state index contributed by atoms with van der Waals surface area (Å²) in [5.41, 5.74) is 0. The number of halogens is 4. The van der Waals surface area contributed by atoms with Gasteiger partial charge < -0.3 is 23.4 Å². The zero-order chi connectivity index (χ0) is 19.0. The normalized spacial score (nSPS) is 12.2. The lowest BCUT2D eigenvalue weighted by Gasteiger charge is -2.24. The Balaban J connectivity index is 1.74. The predicted octanol–water partition coefficient (Wildman–Crippen LogP) is 5.66. The molecule has 0 saturated heterocycles. The monoisotopic (exact) mass is 458 g/mol. The average molecular weight is 460 g/mol. The van der Waals surface area contributed by atoms with E-state index in [2.05, 4.69) is 0 Å². The van der Waals surface area contributed by atoms with Crippen LogP contribution in [0.2, 0.25) is 0 Å². The van der Waals surface area contributed by atoms with E-state index in [-0.39, 0.29) is 13.2 Å². The number of hydrogen-bond donors (Lipinski definition) is 1. The molecule has 0 aliphatic carbocycles. The Morgan fingerprint density at radius 1 is 0.692 bits per heavy atom. The summed E-state index contributed by atoms with van der Waals surface area (Å²) in [4.78, 5) is 9.78. The highest BCUT2D eigenvalue weighted by molar-refractivity contribution is 7.40. The fourth-order valence-corrected chi connectivity index (χ4v) is 3.22. The van der Waals surface area contributed by atoms with Crippen molar-refractivity contribution in [3.63, 3.8) is 0 Å². The largest absolute Gasteiger partial charge is 0.456 e. The molecule has 0 saturated carbocycles. The fraction of sp³-hybridized carbons (Fsp3) is 0.250. The lowest BCUT2D eigenvalue weighted by atomic mass is 10.3. The van der Waals surface area contributed by atoms with Crippen molar-refractivity contribution in [1.29, 1.82) is 0 Å². The van der Waals surface area contributed by atoms with Crippen LogP contribution in [-0.4, -0.2) is 27.1 Å². The van der Waals surface area contributed by atoms with Gasteiger partial charge in [0.15, 0.2) is 0 Å². The molecule has 0 spiro atoms. The fourth-order valence-electron chi connectivity index (χ4n) is 1.68. The third kappa shape index (κ3) is 8.47. The van der Waals surface area contributed by atoms with Gasteiger partial charge in [-0.2, -0.15) is 0 Å². The lowest BCUT2D eigenvalue weighted by Crippen LogP contribution is -2.29. The molecule has 10 heteroatoms. The molecule has 0 aliphatic heterocycles. The van der Waals surface area contributed by atoms with Crippen LogP contribution >= 0.6 is 55.0 Å². The molecule has 142 valence electrons. The number of ether oxygens (including phenoxy) is 2. The predicted molar refractivity (Wildman–Crippen MR) is 104 cm³/mol. The molecule has 0 unspecified atom stereocenters. The summed E-state index contributed by atoms with van der Waals surface area (Å²) in [6, 6.07) is 17.4. The molecule has 2 aromatic carbocycles. The molecule has 0 aromatic heterocycles. The molecule has 0 amide bonds.